The average Bonchev–Trinajstić information content (AvgIpc) is 2.36. The summed E-state index contributed by atoms with van der Waals surface area (Å²) in [7, 11) is 0. The van der Waals surface area contributed by atoms with E-state index in [1.807, 2.05) is 12.1 Å². The second kappa shape index (κ2) is 7.57. The number of benzene rings is 2. The zero-order chi connectivity index (χ0) is 13.7. The molecular formula is C16H15FI2. The van der Waals surface area contributed by atoms with E-state index in [1.54, 1.807) is 17.2 Å². The monoisotopic (exact) mass is 480 g/mol. The predicted molar refractivity (Wildman–Crippen MR) is 95.6 cm³/mol. The molecule has 0 aromatic heterocycles. The number of rotatable bonds is 2. The second-order valence-corrected chi connectivity index (χ2v) is 6.65. The van der Waals surface area contributed by atoms with Gasteiger partial charge in [0.15, 0.2) is 0 Å². The molecule has 0 unspecified atom stereocenters. The summed E-state index contributed by atoms with van der Waals surface area (Å²) in [5.41, 5.74) is 3.96. The first-order chi connectivity index (χ1) is 9.22. The van der Waals surface area contributed by atoms with Gasteiger partial charge in [0.1, 0.15) is 5.82 Å². The molecule has 0 amide bonds. The molecule has 2 aromatic carbocycles. The van der Waals surface area contributed by atoms with Gasteiger partial charge < -0.3 is 0 Å². The van der Waals surface area contributed by atoms with E-state index in [0.717, 1.165) is 16.4 Å². The van der Waals surface area contributed by atoms with Crippen LogP contribution >= 0.6 is 45.2 Å². The van der Waals surface area contributed by atoms with Crippen molar-refractivity contribution in [2.45, 2.75) is 19.3 Å². The van der Waals surface area contributed by atoms with E-state index in [4.69, 9.17) is 0 Å². The topological polar surface area (TPSA) is 0 Å². The van der Waals surface area contributed by atoms with Crippen molar-refractivity contribution in [2.24, 2.45) is 0 Å². The maximum Gasteiger partial charge on any atom is 0.126 e. The molecule has 0 spiro atoms. The number of hydrogen-bond acceptors (Lipinski definition) is 0. The molecule has 1 aliphatic rings. The highest BCUT2D eigenvalue weighted by atomic mass is 127. The van der Waals surface area contributed by atoms with Gasteiger partial charge in [0.2, 0.25) is 0 Å². The zero-order valence-corrected chi connectivity index (χ0v) is 14.8. The first-order valence-electron chi connectivity index (χ1n) is 6.28. The molecule has 0 atom stereocenters. The fourth-order valence-corrected chi connectivity index (χ4v) is 3.41. The molecular weight excluding hydrogens is 465 g/mol. The minimum Gasteiger partial charge on any atom is -0.207 e. The summed E-state index contributed by atoms with van der Waals surface area (Å²) in [5.74, 6) is -0.0841. The largest absolute Gasteiger partial charge is 0.207 e. The van der Waals surface area contributed by atoms with E-state index in [9.17, 15) is 4.39 Å². The van der Waals surface area contributed by atoms with Crippen molar-refractivity contribution < 1.29 is 4.39 Å². The van der Waals surface area contributed by atoms with Crippen molar-refractivity contribution >= 4 is 45.2 Å². The number of halogens is 3. The van der Waals surface area contributed by atoms with Gasteiger partial charge in [-0.25, -0.2) is 4.39 Å². The van der Waals surface area contributed by atoms with Crippen LogP contribution in [0.4, 0.5) is 4.39 Å². The Labute approximate surface area is 141 Å². The Balaban J connectivity index is 0.000000141. The van der Waals surface area contributed by atoms with Crippen molar-refractivity contribution in [3.05, 3.63) is 68.5 Å². The molecule has 0 fully saturated rings. The molecule has 0 N–H and O–H groups in total. The lowest BCUT2D eigenvalue weighted by atomic mass is 9.89. The Morgan fingerprint density at radius 3 is 2.32 bits per heavy atom. The third-order valence-corrected chi connectivity index (χ3v) is 4.73. The molecule has 0 heterocycles. The second-order valence-electron chi connectivity index (χ2n) is 4.41. The van der Waals surface area contributed by atoms with Crippen LogP contribution in [0.25, 0.3) is 0 Å². The van der Waals surface area contributed by atoms with Crippen LogP contribution in [-0.2, 0) is 19.3 Å². The number of aryl methyl sites for hydroxylation is 2. The first-order valence-corrected chi connectivity index (χ1v) is 8.88. The molecule has 100 valence electrons. The SMILES string of the molecule is Fc1ccccc1CCI.Ic1cccc2c1CC2. The number of alkyl halides is 1. The summed E-state index contributed by atoms with van der Waals surface area (Å²) >= 11 is 4.64. The maximum absolute atomic E-state index is 12.8. The smallest absolute Gasteiger partial charge is 0.126 e. The molecule has 0 bridgehead atoms. The zero-order valence-electron chi connectivity index (χ0n) is 10.5. The highest BCUT2D eigenvalue weighted by molar-refractivity contribution is 14.1. The Morgan fingerprint density at radius 1 is 1.00 bits per heavy atom. The van der Waals surface area contributed by atoms with E-state index in [1.165, 1.54) is 22.5 Å². The van der Waals surface area contributed by atoms with Crippen molar-refractivity contribution in [2.75, 3.05) is 4.43 Å². The summed E-state index contributed by atoms with van der Waals surface area (Å²) < 4.78 is 15.2. The Hall–Kier alpha value is -0.170. The van der Waals surface area contributed by atoms with Gasteiger partial charge in [-0.3, -0.25) is 0 Å². The van der Waals surface area contributed by atoms with E-state index in [0.29, 0.717) is 0 Å². The minimum absolute atomic E-state index is 0.0841. The normalized spacial score (nSPS) is 11.9. The average molecular weight is 480 g/mol. The molecule has 3 heteroatoms. The maximum atomic E-state index is 12.8. The molecule has 0 aliphatic heterocycles. The quantitative estimate of drug-likeness (QED) is 0.410. The van der Waals surface area contributed by atoms with Gasteiger partial charge in [-0.05, 0) is 70.7 Å². The van der Waals surface area contributed by atoms with E-state index < -0.39 is 0 Å². The molecule has 2 aromatic rings. The minimum atomic E-state index is -0.0841. The molecule has 19 heavy (non-hydrogen) atoms. The predicted octanol–water partition coefficient (Wildman–Crippen LogP) is 5.19. The molecule has 0 saturated carbocycles. The van der Waals surface area contributed by atoms with Gasteiger partial charge in [-0.2, -0.15) is 0 Å². The van der Waals surface area contributed by atoms with E-state index in [2.05, 4.69) is 63.4 Å². The van der Waals surface area contributed by atoms with Crippen LogP contribution in [0.2, 0.25) is 0 Å². The van der Waals surface area contributed by atoms with Gasteiger partial charge in [0.05, 0.1) is 0 Å². The van der Waals surface area contributed by atoms with Crippen molar-refractivity contribution in [3.8, 4) is 0 Å². The molecule has 1 aliphatic carbocycles. The van der Waals surface area contributed by atoms with Crippen LogP contribution in [0.5, 0.6) is 0 Å². The Bertz CT molecular complexity index is 538. The number of hydrogen-bond donors (Lipinski definition) is 0. The highest BCUT2D eigenvalue weighted by Crippen LogP contribution is 2.26. The van der Waals surface area contributed by atoms with E-state index in [-0.39, 0.29) is 5.82 Å². The summed E-state index contributed by atoms with van der Waals surface area (Å²) in [4.78, 5) is 0. The van der Waals surface area contributed by atoms with Crippen LogP contribution in [-0.4, -0.2) is 4.43 Å². The third kappa shape index (κ3) is 4.15. The summed E-state index contributed by atoms with van der Waals surface area (Å²) in [6, 6.07) is 13.5. The lowest BCUT2D eigenvalue weighted by molar-refractivity contribution is 0.613. The lowest BCUT2D eigenvalue weighted by Crippen LogP contribution is -2.09. The van der Waals surface area contributed by atoms with Crippen molar-refractivity contribution in [3.63, 3.8) is 0 Å². The Kier molecular flexibility index (Phi) is 6.06. The summed E-state index contributed by atoms with van der Waals surface area (Å²) in [6.45, 7) is 0. The first kappa shape index (κ1) is 15.2. The standard InChI is InChI=1S/C8H8FI.C8H7I/c9-8-4-2-1-3-7(8)5-6-10;9-8-3-1-2-6-4-5-7(6)8/h1-4H,5-6H2;1-3H,4-5H2. The fraction of sp³-hybridized carbons (Fsp3) is 0.250. The number of fused-ring (bicyclic) bond motifs is 1. The van der Waals surface area contributed by atoms with Gasteiger partial charge in [0.25, 0.3) is 0 Å². The van der Waals surface area contributed by atoms with Gasteiger partial charge >= 0.3 is 0 Å². The van der Waals surface area contributed by atoms with Crippen molar-refractivity contribution in [1.29, 1.82) is 0 Å². The highest BCUT2D eigenvalue weighted by Gasteiger charge is 2.13. The molecule has 0 radical (unpaired) electrons. The van der Waals surface area contributed by atoms with Gasteiger partial charge in [-0.15, -0.1) is 0 Å². The molecule has 0 saturated heterocycles. The van der Waals surface area contributed by atoms with Crippen LogP contribution in [0, 0.1) is 9.39 Å². The van der Waals surface area contributed by atoms with Gasteiger partial charge in [-0.1, -0.05) is 52.9 Å². The van der Waals surface area contributed by atoms with Crippen LogP contribution < -0.4 is 0 Å². The fourth-order valence-electron chi connectivity index (χ4n) is 2.00. The third-order valence-electron chi connectivity index (χ3n) is 3.18. The Morgan fingerprint density at radius 2 is 1.79 bits per heavy atom. The summed E-state index contributed by atoms with van der Waals surface area (Å²) in [6.07, 6.45) is 3.42. The summed E-state index contributed by atoms with van der Waals surface area (Å²) in [5, 5.41) is 0. The molecule has 0 nitrogen and oxygen atoms in total. The van der Waals surface area contributed by atoms with Crippen LogP contribution in [0.15, 0.2) is 42.5 Å². The lowest BCUT2D eigenvalue weighted by Gasteiger charge is -2.19. The van der Waals surface area contributed by atoms with Crippen molar-refractivity contribution in [1.82, 2.24) is 0 Å². The van der Waals surface area contributed by atoms with Crippen LogP contribution in [0.3, 0.4) is 0 Å². The van der Waals surface area contributed by atoms with E-state index >= 15 is 0 Å². The van der Waals surface area contributed by atoms with Crippen LogP contribution in [0.1, 0.15) is 16.7 Å². The van der Waals surface area contributed by atoms with Gasteiger partial charge in [0, 0.05) is 8.00 Å². The molecule has 3 rings (SSSR count).